The van der Waals surface area contributed by atoms with E-state index >= 15 is 0 Å². The average Bonchev–Trinajstić information content (AvgIpc) is 2.90. The molecule has 0 aliphatic carbocycles. The summed E-state index contributed by atoms with van der Waals surface area (Å²) in [6.07, 6.45) is 3.54. The Bertz CT molecular complexity index is 1080. The number of para-hydroxylation sites is 2. The van der Waals surface area contributed by atoms with Crippen LogP contribution < -0.4 is 20.3 Å². The molecule has 0 aromatic heterocycles. The van der Waals surface area contributed by atoms with Gasteiger partial charge in [0.1, 0.15) is 24.7 Å². The molecule has 0 fully saturated rings. The molecule has 6 heteroatoms. The summed E-state index contributed by atoms with van der Waals surface area (Å²) in [4.78, 5) is 0. The minimum Gasteiger partial charge on any atom is -0.490 e. The second kappa shape index (κ2) is 12.5. The minimum absolute atomic E-state index is 0.452. The van der Waals surface area contributed by atoms with Gasteiger partial charge in [-0.1, -0.05) is 36.4 Å². The maximum Gasteiger partial charge on any atom is 0.122 e. The number of hydrazone groups is 2. The first-order chi connectivity index (χ1) is 16.8. The summed E-state index contributed by atoms with van der Waals surface area (Å²) < 4.78 is 11.5. The molecule has 0 spiro atoms. The molecule has 0 saturated heterocycles. The fourth-order valence-electron chi connectivity index (χ4n) is 3.01. The molecular weight excluding hydrogens is 424 g/mol. The van der Waals surface area contributed by atoms with Gasteiger partial charge in [-0.25, -0.2) is 0 Å². The van der Waals surface area contributed by atoms with E-state index in [2.05, 4.69) is 21.1 Å². The molecule has 0 unspecified atom stereocenters. The first-order valence-corrected chi connectivity index (χ1v) is 11.0. The first-order valence-electron chi connectivity index (χ1n) is 11.0. The van der Waals surface area contributed by atoms with Crippen LogP contribution in [-0.2, 0) is 0 Å². The number of ether oxygens (including phenoxy) is 2. The van der Waals surface area contributed by atoms with Crippen molar-refractivity contribution >= 4 is 23.8 Å². The van der Waals surface area contributed by atoms with Crippen molar-refractivity contribution in [3.8, 4) is 11.5 Å². The van der Waals surface area contributed by atoms with Crippen molar-refractivity contribution in [3.05, 3.63) is 120 Å². The maximum absolute atomic E-state index is 5.76. The molecule has 34 heavy (non-hydrogen) atoms. The molecule has 0 radical (unpaired) electrons. The lowest BCUT2D eigenvalue weighted by Gasteiger charge is -2.09. The monoisotopic (exact) mass is 450 g/mol. The lowest BCUT2D eigenvalue weighted by Crippen LogP contribution is -2.09. The van der Waals surface area contributed by atoms with E-state index in [0.29, 0.717) is 13.2 Å². The zero-order valence-electron chi connectivity index (χ0n) is 18.7. The Morgan fingerprint density at radius 1 is 0.500 bits per heavy atom. The number of nitrogens with one attached hydrogen (secondary N) is 2. The van der Waals surface area contributed by atoms with Crippen molar-refractivity contribution in [1.29, 1.82) is 0 Å². The van der Waals surface area contributed by atoms with Gasteiger partial charge in [-0.05, 0) is 83.9 Å². The summed E-state index contributed by atoms with van der Waals surface area (Å²) >= 11 is 0. The third-order valence-electron chi connectivity index (χ3n) is 4.74. The Morgan fingerprint density at radius 3 is 1.26 bits per heavy atom. The van der Waals surface area contributed by atoms with Crippen LogP contribution in [0.15, 0.2) is 119 Å². The number of hydrogen-bond donors (Lipinski definition) is 2. The SMILES string of the molecule is C(=N\Nc1ccccc1)/c1ccc(OCCOc2ccc(/C=N/Nc3ccccc3)cc2)cc1. The van der Waals surface area contributed by atoms with Gasteiger partial charge in [0, 0.05) is 0 Å². The van der Waals surface area contributed by atoms with Gasteiger partial charge < -0.3 is 9.47 Å². The molecule has 0 saturated carbocycles. The molecule has 0 amide bonds. The maximum atomic E-state index is 5.76. The quantitative estimate of drug-likeness (QED) is 0.166. The largest absolute Gasteiger partial charge is 0.490 e. The van der Waals surface area contributed by atoms with Crippen LogP contribution in [0.2, 0.25) is 0 Å². The van der Waals surface area contributed by atoms with Crippen LogP contribution in [0, 0.1) is 0 Å². The van der Waals surface area contributed by atoms with Crippen molar-refractivity contribution in [1.82, 2.24) is 0 Å². The molecule has 0 aliphatic rings. The number of nitrogens with zero attached hydrogens (tertiary/aromatic N) is 2. The van der Waals surface area contributed by atoms with Gasteiger partial charge in [0.05, 0.1) is 23.8 Å². The van der Waals surface area contributed by atoms with Gasteiger partial charge in [-0.3, -0.25) is 10.9 Å². The predicted molar refractivity (Wildman–Crippen MR) is 139 cm³/mol. The highest BCUT2D eigenvalue weighted by atomic mass is 16.5. The second-order valence-electron chi connectivity index (χ2n) is 7.31. The lowest BCUT2D eigenvalue weighted by atomic mass is 10.2. The standard InChI is InChI=1S/C28H26N4O2/c1-3-7-25(8-4-1)31-29-21-23-11-15-27(16-12-23)33-19-20-34-28-17-13-24(14-18-28)22-30-32-26-9-5-2-6-10-26/h1-18,21-22,31-32H,19-20H2/b29-21+,30-22+. The van der Waals surface area contributed by atoms with Gasteiger partial charge in [0.25, 0.3) is 0 Å². The normalized spacial score (nSPS) is 10.9. The van der Waals surface area contributed by atoms with Crippen molar-refractivity contribution in [2.45, 2.75) is 0 Å². The van der Waals surface area contributed by atoms with E-state index < -0.39 is 0 Å². The Balaban J connectivity index is 1.15. The average molecular weight is 451 g/mol. The van der Waals surface area contributed by atoms with E-state index in [1.807, 2.05) is 109 Å². The van der Waals surface area contributed by atoms with Gasteiger partial charge in [0.2, 0.25) is 0 Å². The second-order valence-corrected chi connectivity index (χ2v) is 7.31. The molecule has 6 nitrogen and oxygen atoms in total. The number of benzene rings is 4. The topological polar surface area (TPSA) is 67.2 Å². The molecule has 170 valence electrons. The van der Waals surface area contributed by atoms with Crippen LogP contribution in [-0.4, -0.2) is 25.6 Å². The van der Waals surface area contributed by atoms with E-state index in [9.17, 15) is 0 Å². The third-order valence-corrected chi connectivity index (χ3v) is 4.74. The molecule has 4 rings (SSSR count). The smallest absolute Gasteiger partial charge is 0.122 e. The third kappa shape index (κ3) is 7.53. The van der Waals surface area contributed by atoms with Gasteiger partial charge in [0.15, 0.2) is 0 Å². The molecule has 4 aromatic rings. The lowest BCUT2D eigenvalue weighted by molar-refractivity contribution is 0.217. The van der Waals surface area contributed by atoms with Crippen LogP contribution in [0.25, 0.3) is 0 Å². The van der Waals surface area contributed by atoms with Crippen LogP contribution >= 0.6 is 0 Å². The Morgan fingerprint density at radius 2 is 0.882 bits per heavy atom. The highest BCUT2D eigenvalue weighted by molar-refractivity contribution is 5.81. The molecule has 2 N–H and O–H groups in total. The van der Waals surface area contributed by atoms with Crippen LogP contribution in [0.5, 0.6) is 11.5 Å². The van der Waals surface area contributed by atoms with Crippen LogP contribution in [0.3, 0.4) is 0 Å². The van der Waals surface area contributed by atoms with Crippen molar-refractivity contribution in [3.63, 3.8) is 0 Å². The molecule has 0 heterocycles. The Hall–Kier alpha value is -4.58. The summed E-state index contributed by atoms with van der Waals surface area (Å²) in [6.45, 7) is 0.903. The summed E-state index contributed by atoms with van der Waals surface area (Å²) in [6, 6.07) is 35.1. The fraction of sp³-hybridized carbons (Fsp3) is 0.0714. The summed E-state index contributed by atoms with van der Waals surface area (Å²) in [5.41, 5.74) is 9.85. The zero-order chi connectivity index (χ0) is 23.3. The molecule has 0 atom stereocenters. The van der Waals surface area contributed by atoms with Gasteiger partial charge >= 0.3 is 0 Å². The van der Waals surface area contributed by atoms with Gasteiger partial charge in [-0.15, -0.1) is 0 Å². The van der Waals surface area contributed by atoms with E-state index in [1.165, 1.54) is 0 Å². The van der Waals surface area contributed by atoms with Gasteiger partial charge in [-0.2, -0.15) is 10.2 Å². The zero-order valence-corrected chi connectivity index (χ0v) is 18.7. The van der Waals surface area contributed by atoms with Crippen LogP contribution in [0.4, 0.5) is 11.4 Å². The molecular formula is C28H26N4O2. The summed E-state index contributed by atoms with van der Waals surface area (Å²) in [5.74, 6) is 1.57. The van der Waals surface area contributed by atoms with E-state index in [-0.39, 0.29) is 0 Å². The highest BCUT2D eigenvalue weighted by Gasteiger charge is 1.97. The molecule has 4 aromatic carbocycles. The number of rotatable bonds is 11. The van der Waals surface area contributed by atoms with Crippen molar-refractivity contribution in [2.24, 2.45) is 10.2 Å². The first kappa shape index (κ1) is 22.6. The summed E-state index contributed by atoms with van der Waals surface area (Å²) in [7, 11) is 0. The Labute approximate surface area is 199 Å². The Kier molecular flexibility index (Phi) is 8.28. The molecule has 0 aliphatic heterocycles. The van der Waals surface area contributed by atoms with E-state index in [1.54, 1.807) is 12.4 Å². The van der Waals surface area contributed by atoms with E-state index in [4.69, 9.17) is 9.47 Å². The van der Waals surface area contributed by atoms with E-state index in [0.717, 1.165) is 34.0 Å². The van der Waals surface area contributed by atoms with Crippen molar-refractivity contribution in [2.75, 3.05) is 24.1 Å². The van der Waals surface area contributed by atoms with Crippen molar-refractivity contribution < 1.29 is 9.47 Å². The summed E-state index contributed by atoms with van der Waals surface area (Å²) in [5, 5.41) is 8.48. The molecule has 0 bridgehead atoms. The number of anilines is 2. The fourth-order valence-corrected chi connectivity index (χ4v) is 3.01. The highest BCUT2D eigenvalue weighted by Crippen LogP contribution is 2.14. The predicted octanol–water partition coefficient (Wildman–Crippen LogP) is 6.04. The minimum atomic E-state index is 0.452. The number of hydrogen-bond acceptors (Lipinski definition) is 6. The van der Waals surface area contributed by atoms with Crippen LogP contribution in [0.1, 0.15) is 11.1 Å².